The van der Waals surface area contributed by atoms with E-state index in [0.717, 1.165) is 11.1 Å². The second-order valence-corrected chi connectivity index (χ2v) is 9.07. The number of benzene rings is 2. The lowest BCUT2D eigenvalue weighted by atomic mass is 10.0. The molecule has 0 aliphatic rings. The van der Waals surface area contributed by atoms with Crippen LogP contribution in [0.4, 0.5) is 0 Å². The van der Waals surface area contributed by atoms with Gasteiger partial charge in [0.15, 0.2) is 0 Å². The molecule has 0 fully saturated rings. The van der Waals surface area contributed by atoms with Gasteiger partial charge in [-0.05, 0) is 29.9 Å². The van der Waals surface area contributed by atoms with Gasteiger partial charge in [-0.25, -0.2) is 4.79 Å². The Bertz CT molecular complexity index is 997. The van der Waals surface area contributed by atoms with E-state index in [2.05, 4.69) is 16.0 Å². The van der Waals surface area contributed by atoms with E-state index in [0.29, 0.717) is 6.42 Å². The standard InChI is InChI=1S/C27H35N3O6/c1-18(2)15-22(27(35)36)29-26(34)23(17-31)30-25(33)21(16-20-11-7-4-8-12-20)28-24(32)14-13-19-9-5-3-6-10-19/h3-12,18,21-23,31H,13-17H2,1-2H3,(H,28,32)(H,29,34)(H,30,33)(H,35,36)/t21-,22-,23-/m0/s1. The van der Waals surface area contributed by atoms with Crippen LogP contribution in [0.1, 0.15) is 37.8 Å². The van der Waals surface area contributed by atoms with Crippen molar-refractivity contribution in [2.24, 2.45) is 5.92 Å². The van der Waals surface area contributed by atoms with Crippen molar-refractivity contribution in [2.45, 2.75) is 57.7 Å². The molecular weight excluding hydrogens is 462 g/mol. The maximum Gasteiger partial charge on any atom is 0.326 e. The third-order valence-corrected chi connectivity index (χ3v) is 5.56. The summed E-state index contributed by atoms with van der Waals surface area (Å²) in [6, 6.07) is 15.0. The summed E-state index contributed by atoms with van der Waals surface area (Å²) < 4.78 is 0. The van der Waals surface area contributed by atoms with Gasteiger partial charge in [-0.3, -0.25) is 14.4 Å². The minimum absolute atomic E-state index is 0.00918. The molecule has 2 aromatic carbocycles. The van der Waals surface area contributed by atoms with Crippen molar-refractivity contribution in [2.75, 3.05) is 6.61 Å². The van der Waals surface area contributed by atoms with Crippen molar-refractivity contribution < 1.29 is 29.4 Å². The van der Waals surface area contributed by atoms with Gasteiger partial charge in [0.1, 0.15) is 18.1 Å². The lowest BCUT2D eigenvalue weighted by Gasteiger charge is -2.24. The molecule has 194 valence electrons. The number of aliphatic hydroxyl groups excluding tert-OH is 1. The van der Waals surface area contributed by atoms with Gasteiger partial charge in [-0.15, -0.1) is 0 Å². The number of amides is 3. The van der Waals surface area contributed by atoms with Crippen LogP contribution >= 0.6 is 0 Å². The number of hydrogen-bond acceptors (Lipinski definition) is 5. The summed E-state index contributed by atoms with van der Waals surface area (Å²) in [6.07, 6.45) is 1.04. The number of carboxylic acids is 1. The van der Waals surface area contributed by atoms with Crippen LogP contribution in [0.25, 0.3) is 0 Å². The van der Waals surface area contributed by atoms with Crippen molar-refractivity contribution in [3.05, 3.63) is 71.8 Å². The Morgan fingerprint density at radius 1 is 0.750 bits per heavy atom. The Hall–Kier alpha value is -3.72. The molecule has 9 heteroatoms. The van der Waals surface area contributed by atoms with Gasteiger partial charge >= 0.3 is 5.97 Å². The normalized spacial score (nSPS) is 13.3. The zero-order chi connectivity index (χ0) is 26.5. The Morgan fingerprint density at radius 3 is 1.81 bits per heavy atom. The summed E-state index contributed by atoms with van der Waals surface area (Å²) in [7, 11) is 0. The molecule has 3 amide bonds. The molecular formula is C27H35N3O6. The Labute approximate surface area is 211 Å². The van der Waals surface area contributed by atoms with Gasteiger partial charge in [-0.2, -0.15) is 0 Å². The van der Waals surface area contributed by atoms with Gasteiger partial charge in [0.05, 0.1) is 6.61 Å². The molecule has 0 aromatic heterocycles. The fourth-order valence-corrected chi connectivity index (χ4v) is 3.66. The topological polar surface area (TPSA) is 145 Å². The third kappa shape index (κ3) is 9.87. The molecule has 0 spiro atoms. The highest BCUT2D eigenvalue weighted by molar-refractivity contribution is 5.93. The maximum absolute atomic E-state index is 13.1. The van der Waals surface area contributed by atoms with Crippen LogP contribution in [0.2, 0.25) is 0 Å². The Balaban J connectivity index is 2.08. The van der Waals surface area contributed by atoms with E-state index in [1.165, 1.54) is 0 Å². The predicted molar refractivity (Wildman–Crippen MR) is 135 cm³/mol. The van der Waals surface area contributed by atoms with Crippen LogP contribution < -0.4 is 16.0 Å². The third-order valence-electron chi connectivity index (χ3n) is 5.56. The Kier molecular flexibility index (Phi) is 11.6. The average Bonchev–Trinajstić information content (AvgIpc) is 2.86. The molecule has 0 bridgehead atoms. The van der Waals surface area contributed by atoms with E-state index in [1.807, 2.05) is 74.5 Å². The van der Waals surface area contributed by atoms with Crippen molar-refractivity contribution in [1.29, 1.82) is 0 Å². The van der Waals surface area contributed by atoms with Crippen molar-refractivity contribution >= 4 is 23.7 Å². The van der Waals surface area contributed by atoms with Gasteiger partial charge in [-0.1, -0.05) is 74.5 Å². The number of rotatable bonds is 14. The van der Waals surface area contributed by atoms with Crippen LogP contribution in [-0.4, -0.2) is 58.6 Å². The number of carbonyl (C=O) groups excluding carboxylic acids is 3. The highest BCUT2D eigenvalue weighted by atomic mass is 16.4. The zero-order valence-electron chi connectivity index (χ0n) is 20.6. The SMILES string of the molecule is CC(C)C[C@H](NC(=O)[C@H](CO)NC(=O)[C@H](Cc1ccccc1)NC(=O)CCc1ccccc1)C(=O)O. The minimum atomic E-state index is -1.37. The minimum Gasteiger partial charge on any atom is -0.480 e. The first kappa shape index (κ1) is 28.5. The van der Waals surface area contributed by atoms with E-state index in [4.69, 9.17) is 0 Å². The number of carbonyl (C=O) groups is 4. The molecule has 0 aliphatic heterocycles. The molecule has 0 saturated heterocycles. The zero-order valence-corrected chi connectivity index (χ0v) is 20.6. The summed E-state index contributed by atoms with van der Waals surface area (Å²) in [5.41, 5.74) is 1.79. The fraction of sp³-hybridized carbons (Fsp3) is 0.407. The quantitative estimate of drug-likeness (QED) is 0.267. The first-order valence-electron chi connectivity index (χ1n) is 12.0. The molecule has 0 aliphatic carbocycles. The largest absolute Gasteiger partial charge is 0.480 e. The molecule has 0 unspecified atom stereocenters. The number of aryl methyl sites for hydroxylation is 1. The summed E-state index contributed by atoms with van der Waals surface area (Å²) in [5.74, 6) is -2.99. The molecule has 0 heterocycles. The fourth-order valence-electron chi connectivity index (χ4n) is 3.66. The van der Waals surface area contributed by atoms with Crippen LogP contribution in [0.3, 0.4) is 0 Å². The number of aliphatic carboxylic acids is 1. The molecule has 36 heavy (non-hydrogen) atoms. The van der Waals surface area contributed by atoms with E-state index in [9.17, 15) is 29.4 Å². The van der Waals surface area contributed by atoms with Crippen LogP contribution in [0, 0.1) is 5.92 Å². The number of carboxylic acid groups (broad SMARTS) is 1. The molecule has 2 aromatic rings. The van der Waals surface area contributed by atoms with E-state index >= 15 is 0 Å². The van der Waals surface area contributed by atoms with Gasteiger partial charge in [0, 0.05) is 12.8 Å². The molecule has 3 atom stereocenters. The number of nitrogens with one attached hydrogen (secondary N) is 3. The maximum atomic E-state index is 13.1. The molecule has 0 radical (unpaired) electrons. The first-order valence-corrected chi connectivity index (χ1v) is 12.0. The monoisotopic (exact) mass is 497 g/mol. The predicted octanol–water partition coefficient (Wildman–Crippen LogP) is 1.44. The molecule has 9 nitrogen and oxygen atoms in total. The number of aliphatic hydroxyl groups is 1. The van der Waals surface area contributed by atoms with Gasteiger partial charge in [0.2, 0.25) is 17.7 Å². The van der Waals surface area contributed by atoms with E-state index in [1.54, 1.807) is 0 Å². The summed E-state index contributed by atoms with van der Waals surface area (Å²) >= 11 is 0. The van der Waals surface area contributed by atoms with Gasteiger partial charge < -0.3 is 26.2 Å². The second kappa shape index (κ2) is 14.6. The summed E-state index contributed by atoms with van der Waals surface area (Å²) in [5, 5.41) is 26.7. The van der Waals surface area contributed by atoms with Crippen LogP contribution in [0.5, 0.6) is 0 Å². The molecule has 5 N–H and O–H groups in total. The van der Waals surface area contributed by atoms with Crippen LogP contribution in [0.15, 0.2) is 60.7 Å². The lowest BCUT2D eigenvalue weighted by Crippen LogP contribution is -2.57. The second-order valence-electron chi connectivity index (χ2n) is 9.07. The lowest BCUT2D eigenvalue weighted by molar-refractivity contribution is -0.143. The summed E-state index contributed by atoms with van der Waals surface area (Å²) in [4.78, 5) is 49.9. The Morgan fingerprint density at radius 2 is 1.28 bits per heavy atom. The van der Waals surface area contributed by atoms with E-state index < -0.39 is 42.5 Å². The van der Waals surface area contributed by atoms with Crippen molar-refractivity contribution in [1.82, 2.24) is 16.0 Å². The van der Waals surface area contributed by atoms with E-state index in [-0.39, 0.29) is 31.1 Å². The van der Waals surface area contributed by atoms with Crippen LogP contribution in [-0.2, 0) is 32.0 Å². The van der Waals surface area contributed by atoms with Crippen molar-refractivity contribution in [3.63, 3.8) is 0 Å². The van der Waals surface area contributed by atoms with Gasteiger partial charge in [0.25, 0.3) is 0 Å². The smallest absolute Gasteiger partial charge is 0.326 e. The summed E-state index contributed by atoms with van der Waals surface area (Å²) in [6.45, 7) is 2.91. The highest BCUT2D eigenvalue weighted by Gasteiger charge is 2.29. The molecule has 2 rings (SSSR count). The molecule has 0 saturated carbocycles. The number of hydrogen-bond donors (Lipinski definition) is 5. The average molecular weight is 498 g/mol. The first-order chi connectivity index (χ1) is 17.2. The highest BCUT2D eigenvalue weighted by Crippen LogP contribution is 2.08. The van der Waals surface area contributed by atoms with Crippen molar-refractivity contribution in [3.8, 4) is 0 Å².